The van der Waals surface area contributed by atoms with E-state index in [2.05, 4.69) is 5.32 Å². The standard InChI is InChI=1S/C15H23NO9/c1-7(17)16-12-14(24-10(4)20)13(23-9(3)19)11(6-22-8(2)18)25-15(12)21-5/h11-15H,6H2,1-5H3,(H,16,17)/t11-,12-,13-,14+,15+/m0/s1. The topological polar surface area (TPSA) is 126 Å². The van der Waals surface area contributed by atoms with Crippen LogP contribution in [0.3, 0.4) is 0 Å². The summed E-state index contributed by atoms with van der Waals surface area (Å²) in [5.74, 6) is -2.29. The molecule has 0 aromatic rings. The van der Waals surface area contributed by atoms with Gasteiger partial charge in [-0.25, -0.2) is 0 Å². The van der Waals surface area contributed by atoms with Crippen LogP contribution in [-0.2, 0) is 42.9 Å². The van der Waals surface area contributed by atoms with E-state index in [4.69, 9.17) is 23.7 Å². The Kier molecular flexibility index (Phi) is 7.78. The fraction of sp³-hybridized carbons (Fsp3) is 0.733. The zero-order chi connectivity index (χ0) is 19.1. The van der Waals surface area contributed by atoms with Crippen LogP contribution in [0.15, 0.2) is 0 Å². The highest BCUT2D eigenvalue weighted by Crippen LogP contribution is 2.27. The maximum Gasteiger partial charge on any atom is 0.303 e. The Morgan fingerprint density at radius 2 is 1.48 bits per heavy atom. The molecule has 0 spiro atoms. The van der Waals surface area contributed by atoms with Gasteiger partial charge in [-0.1, -0.05) is 0 Å². The van der Waals surface area contributed by atoms with Crippen LogP contribution in [0.5, 0.6) is 0 Å². The summed E-state index contributed by atoms with van der Waals surface area (Å²) in [5.41, 5.74) is 0. The van der Waals surface area contributed by atoms with Crippen molar-refractivity contribution in [1.29, 1.82) is 0 Å². The van der Waals surface area contributed by atoms with Gasteiger partial charge in [0.05, 0.1) is 0 Å². The predicted molar refractivity (Wildman–Crippen MR) is 81.0 cm³/mol. The summed E-state index contributed by atoms with van der Waals surface area (Å²) in [6, 6.07) is -0.927. The number of methoxy groups -OCH3 is 1. The lowest BCUT2D eigenvalue weighted by atomic mass is 9.96. The Balaban J connectivity index is 3.18. The smallest absolute Gasteiger partial charge is 0.303 e. The number of amides is 1. The van der Waals surface area contributed by atoms with Crippen molar-refractivity contribution in [3.8, 4) is 0 Å². The van der Waals surface area contributed by atoms with Crippen molar-refractivity contribution >= 4 is 23.8 Å². The summed E-state index contributed by atoms with van der Waals surface area (Å²) in [7, 11) is 1.33. The Labute approximate surface area is 145 Å². The SMILES string of the molecule is CO[C@@H]1O[C@@H](COC(C)=O)[C@H](OC(C)=O)[C@H](OC(C)=O)[C@@H]1NC(C)=O. The van der Waals surface area contributed by atoms with Gasteiger partial charge in [-0.15, -0.1) is 0 Å². The third kappa shape index (κ3) is 6.31. The fourth-order valence-electron chi connectivity index (χ4n) is 2.49. The molecule has 142 valence electrons. The molecule has 1 aliphatic rings. The summed E-state index contributed by atoms with van der Waals surface area (Å²) in [4.78, 5) is 45.5. The van der Waals surface area contributed by atoms with Gasteiger partial charge in [-0.05, 0) is 0 Å². The van der Waals surface area contributed by atoms with Crippen molar-refractivity contribution < 1.29 is 42.9 Å². The zero-order valence-electron chi connectivity index (χ0n) is 14.8. The first-order valence-electron chi connectivity index (χ1n) is 7.58. The van der Waals surface area contributed by atoms with Crippen LogP contribution < -0.4 is 5.32 Å². The summed E-state index contributed by atoms with van der Waals surface area (Å²) in [6.45, 7) is 4.57. The van der Waals surface area contributed by atoms with E-state index in [9.17, 15) is 19.2 Å². The van der Waals surface area contributed by atoms with E-state index < -0.39 is 54.5 Å². The molecular weight excluding hydrogens is 338 g/mol. The summed E-state index contributed by atoms with van der Waals surface area (Å²) < 4.78 is 26.2. The van der Waals surface area contributed by atoms with Crippen molar-refractivity contribution in [2.75, 3.05) is 13.7 Å². The molecule has 0 saturated carbocycles. The minimum Gasteiger partial charge on any atom is -0.463 e. The van der Waals surface area contributed by atoms with E-state index in [0.717, 1.165) is 0 Å². The zero-order valence-corrected chi connectivity index (χ0v) is 14.8. The minimum absolute atomic E-state index is 0.252. The van der Waals surface area contributed by atoms with Gasteiger partial charge >= 0.3 is 17.9 Å². The average molecular weight is 361 g/mol. The molecule has 1 amide bonds. The van der Waals surface area contributed by atoms with E-state index in [1.165, 1.54) is 34.8 Å². The molecule has 0 unspecified atom stereocenters. The van der Waals surface area contributed by atoms with Crippen molar-refractivity contribution in [3.63, 3.8) is 0 Å². The molecule has 1 aliphatic heterocycles. The molecule has 10 nitrogen and oxygen atoms in total. The molecule has 0 aromatic carbocycles. The third-order valence-corrected chi connectivity index (χ3v) is 3.30. The van der Waals surface area contributed by atoms with Gasteiger partial charge < -0.3 is 29.0 Å². The number of esters is 3. The van der Waals surface area contributed by atoms with E-state index >= 15 is 0 Å². The van der Waals surface area contributed by atoms with E-state index in [-0.39, 0.29) is 6.61 Å². The summed E-state index contributed by atoms with van der Waals surface area (Å²) >= 11 is 0. The van der Waals surface area contributed by atoms with Crippen LogP contribution in [0.25, 0.3) is 0 Å². The lowest BCUT2D eigenvalue weighted by molar-refractivity contribution is -0.271. The second kappa shape index (κ2) is 9.33. The molecular formula is C15H23NO9. The van der Waals surface area contributed by atoms with Gasteiger partial charge in [0, 0.05) is 34.8 Å². The number of nitrogens with one attached hydrogen (secondary N) is 1. The molecule has 5 atom stereocenters. The monoisotopic (exact) mass is 361 g/mol. The molecule has 10 heteroatoms. The van der Waals surface area contributed by atoms with Crippen LogP contribution >= 0.6 is 0 Å². The highest BCUT2D eigenvalue weighted by molar-refractivity contribution is 5.73. The maximum absolute atomic E-state index is 11.5. The first-order chi connectivity index (χ1) is 11.6. The first-order valence-corrected chi connectivity index (χ1v) is 7.58. The lowest BCUT2D eigenvalue weighted by Gasteiger charge is -2.44. The quantitative estimate of drug-likeness (QED) is 0.482. The molecule has 1 fully saturated rings. The molecule has 25 heavy (non-hydrogen) atoms. The summed E-state index contributed by atoms with van der Waals surface area (Å²) in [6.07, 6.45) is -4.17. The second-order valence-corrected chi connectivity index (χ2v) is 5.46. The van der Waals surface area contributed by atoms with Crippen LogP contribution in [-0.4, -0.2) is 68.2 Å². The number of hydrogen-bond donors (Lipinski definition) is 1. The minimum atomic E-state index is -1.11. The van der Waals surface area contributed by atoms with Crippen LogP contribution in [0.1, 0.15) is 27.7 Å². The second-order valence-electron chi connectivity index (χ2n) is 5.46. The van der Waals surface area contributed by atoms with Gasteiger partial charge in [-0.3, -0.25) is 19.2 Å². The van der Waals surface area contributed by atoms with Crippen molar-refractivity contribution in [2.24, 2.45) is 0 Å². The molecule has 1 heterocycles. The van der Waals surface area contributed by atoms with Crippen LogP contribution in [0.4, 0.5) is 0 Å². The molecule has 0 bridgehead atoms. The number of rotatable bonds is 6. The van der Waals surface area contributed by atoms with Crippen LogP contribution in [0.2, 0.25) is 0 Å². The third-order valence-electron chi connectivity index (χ3n) is 3.30. The lowest BCUT2D eigenvalue weighted by Crippen LogP contribution is -2.66. The van der Waals surface area contributed by atoms with E-state index in [1.807, 2.05) is 0 Å². The van der Waals surface area contributed by atoms with Crippen molar-refractivity contribution in [1.82, 2.24) is 5.32 Å². The fourth-order valence-corrected chi connectivity index (χ4v) is 2.49. The number of ether oxygens (including phenoxy) is 5. The molecule has 0 aliphatic carbocycles. The molecule has 1 N–H and O–H groups in total. The number of carbonyl (C=O) groups excluding carboxylic acids is 4. The van der Waals surface area contributed by atoms with Crippen molar-refractivity contribution in [2.45, 2.75) is 58.3 Å². The highest BCUT2D eigenvalue weighted by Gasteiger charge is 2.50. The average Bonchev–Trinajstić information content (AvgIpc) is 2.48. The number of carbonyl (C=O) groups is 4. The van der Waals surface area contributed by atoms with Gasteiger partial charge in [0.25, 0.3) is 0 Å². The molecule has 0 aromatic heterocycles. The van der Waals surface area contributed by atoms with E-state index in [1.54, 1.807) is 0 Å². The highest BCUT2D eigenvalue weighted by atomic mass is 16.7. The Hall–Kier alpha value is -2.20. The largest absolute Gasteiger partial charge is 0.463 e. The maximum atomic E-state index is 11.5. The number of hydrogen-bond acceptors (Lipinski definition) is 9. The Morgan fingerprint density at radius 1 is 0.920 bits per heavy atom. The summed E-state index contributed by atoms with van der Waals surface area (Å²) in [5, 5.41) is 2.56. The first kappa shape index (κ1) is 20.8. The molecule has 1 saturated heterocycles. The van der Waals surface area contributed by atoms with Gasteiger partial charge in [-0.2, -0.15) is 0 Å². The van der Waals surface area contributed by atoms with Crippen LogP contribution in [0, 0.1) is 0 Å². The Bertz CT molecular complexity index is 521. The van der Waals surface area contributed by atoms with Gasteiger partial charge in [0.2, 0.25) is 5.91 Å². The normalized spacial score (nSPS) is 28.6. The van der Waals surface area contributed by atoms with Gasteiger partial charge in [0.1, 0.15) is 18.8 Å². The van der Waals surface area contributed by atoms with E-state index in [0.29, 0.717) is 0 Å². The Morgan fingerprint density at radius 3 is 1.92 bits per heavy atom. The predicted octanol–water partition coefficient (Wildman–Crippen LogP) is -0.711. The molecule has 1 rings (SSSR count). The van der Waals surface area contributed by atoms with Gasteiger partial charge in [0.15, 0.2) is 18.5 Å². The van der Waals surface area contributed by atoms with Crippen molar-refractivity contribution in [3.05, 3.63) is 0 Å². The molecule has 0 radical (unpaired) electrons.